The van der Waals surface area contributed by atoms with Gasteiger partial charge in [-0.2, -0.15) is 18.3 Å². The fraction of sp³-hybridized carbons (Fsp3) is 0.444. The summed E-state index contributed by atoms with van der Waals surface area (Å²) < 4.78 is 41.5. The van der Waals surface area contributed by atoms with Crippen LogP contribution >= 0.6 is 0 Å². The molecule has 0 aliphatic carbocycles. The third-order valence-electron chi connectivity index (χ3n) is 4.72. The monoisotopic (exact) mass is 507 g/mol. The summed E-state index contributed by atoms with van der Waals surface area (Å²) in [6.45, 7) is 24.6. The molecule has 36 heavy (non-hydrogen) atoms. The van der Waals surface area contributed by atoms with E-state index in [0.29, 0.717) is 36.2 Å². The molecule has 0 fully saturated rings. The van der Waals surface area contributed by atoms with E-state index in [0.717, 1.165) is 0 Å². The van der Waals surface area contributed by atoms with Crippen molar-refractivity contribution < 1.29 is 18.0 Å². The Labute approximate surface area is 213 Å². The maximum absolute atomic E-state index is 13.3. The summed E-state index contributed by atoms with van der Waals surface area (Å²) in [6.07, 6.45) is 0.533. The largest absolute Gasteiger partial charge is 0.417 e. The van der Waals surface area contributed by atoms with Gasteiger partial charge in [-0.1, -0.05) is 53.5 Å². The summed E-state index contributed by atoms with van der Waals surface area (Å²) in [5.41, 5.74) is 5.49. The smallest absolute Gasteiger partial charge is 0.399 e. The minimum absolute atomic E-state index is 0.101. The second kappa shape index (κ2) is 14.3. The first kappa shape index (κ1) is 32.6. The van der Waals surface area contributed by atoms with Crippen molar-refractivity contribution in [2.24, 2.45) is 5.73 Å². The SMILES string of the molecule is C=Cc1c(C(=C)N)cc(CCCNC(=O)c2cnn(C(C)(C)C)c2)nc1C(=C)C(F)(F)F.CC.CC. The molecule has 0 spiro atoms. The molecule has 6 nitrogen and oxygen atoms in total. The lowest BCUT2D eigenvalue weighted by atomic mass is 9.97. The molecular weight excluding hydrogens is 467 g/mol. The normalized spacial score (nSPS) is 10.8. The Bertz CT molecular complexity index is 1050. The zero-order valence-electron chi connectivity index (χ0n) is 22.5. The van der Waals surface area contributed by atoms with Gasteiger partial charge in [0.2, 0.25) is 0 Å². The van der Waals surface area contributed by atoms with Gasteiger partial charge < -0.3 is 11.1 Å². The number of nitrogens with two attached hydrogens (primary N) is 1. The van der Waals surface area contributed by atoms with Crippen LogP contribution in [0.4, 0.5) is 13.2 Å². The van der Waals surface area contributed by atoms with Gasteiger partial charge in [-0.3, -0.25) is 14.5 Å². The number of nitrogens with one attached hydrogen (secondary N) is 1. The number of carbonyl (C=O) groups is 1. The Morgan fingerprint density at radius 3 is 2.19 bits per heavy atom. The average molecular weight is 508 g/mol. The average Bonchev–Trinajstić information content (AvgIpc) is 3.34. The van der Waals surface area contributed by atoms with Crippen molar-refractivity contribution >= 4 is 23.3 Å². The predicted molar refractivity (Wildman–Crippen MR) is 143 cm³/mol. The summed E-state index contributed by atoms with van der Waals surface area (Å²) in [7, 11) is 0. The minimum Gasteiger partial charge on any atom is -0.399 e. The molecule has 0 unspecified atom stereocenters. The van der Waals surface area contributed by atoms with Crippen molar-refractivity contribution in [3.8, 4) is 0 Å². The molecule has 1 amide bonds. The first-order valence-electron chi connectivity index (χ1n) is 12.0. The third-order valence-corrected chi connectivity index (χ3v) is 4.72. The Morgan fingerprint density at radius 1 is 1.17 bits per heavy atom. The molecule has 0 radical (unpaired) electrons. The Balaban J connectivity index is 0.00000291. The van der Waals surface area contributed by atoms with Gasteiger partial charge >= 0.3 is 6.18 Å². The van der Waals surface area contributed by atoms with E-state index in [1.165, 1.54) is 12.3 Å². The van der Waals surface area contributed by atoms with Crippen molar-refractivity contribution in [3.05, 3.63) is 66.3 Å². The van der Waals surface area contributed by atoms with Crippen LogP contribution in [0.3, 0.4) is 0 Å². The number of aromatic nitrogens is 3. The zero-order chi connectivity index (χ0) is 28.3. The Kier molecular flexibility index (Phi) is 12.9. The lowest BCUT2D eigenvalue weighted by molar-refractivity contribution is -0.0689. The van der Waals surface area contributed by atoms with Gasteiger partial charge in [-0.15, -0.1) is 0 Å². The fourth-order valence-corrected chi connectivity index (χ4v) is 2.95. The lowest BCUT2D eigenvalue weighted by Gasteiger charge is -2.18. The van der Waals surface area contributed by atoms with Gasteiger partial charge in [0, 0.05) is 35.3 Å². The molecule has 0 saturated carbocycles. The molecule has 0 bridgehead atoms. The number of alkyl halides is 3. The van der Waals surface area contributed by atoms with E-state index in [1.807, 2.05) is 48.5 Å². The van der Waals surface area contributed by atoms with Crippen LogP contribution < -0.4 is 11.1 Å². The van der Waals surface area contributed by atoms with Crippen LogP contribution in [0, 0.1) is 0 Å². The summed E-state index contributed by atoms with van der Waals surface area (Å²) in [5, 5.41) is 6.97. The van der Waals surface area contributed by atoms with Crippen molar-refractivity contribution in [3.63, 3.8) is 0 Å². The zero-order valence-corrected chi connectivity index (χ0v) is 22.5. The maximum Gasteiger partial charge on any atom is 0.417 e. The summed E-state index contributed by atoms with van der Waals surface area (Å²) in [4.78, 5) is 16.5. The van der Waals surface area contributed by atoms with Gasteiger partial charge in [0.15, 0.2) is 0 Å². The Hall–Kier alpha value is -3.36. The summed E-state index contributed by atoms with van der Waals surface area (Å²) >= 11 is 0. The standard InChI is InChI=1S/C23H28F3N5O.2C2H6/c1-7-18-19(15(3)27)11-17(30-20(18)14(2)23(24,25)26)9-8-10-28-21(32)16-12-29-31(13-16)22(4,5)6;2*1-2/h7,11-13H,1-3,8-10,27H2,4-6H3,(H,28,32);2*1-2H3. The molecule has 2 aromatic rings. The van der Waals surface area contributed by atoms with Gasteiger partial charge in [-0.05, 0) is 39.7 Å². The lowest BCUT2D eigenvalue weighted by Crippen LogP contribution is -2.25. The number of hydrogen-bond acceptors (Lipinski definition) is 4. The molecule has 0 atom stereocenters. The molecule has 0 saturated heterocycles. The van der Waals surface area contributed by atoms with Crippen LogP contribution in [0.15, 0.2) is 38.2 Å². The highest BCUT2D eigenvalue weighted by molar-refractivity contribution is 5.93. The van der Waals surface area contributed by atoms with Gasteiger partial charge in [0.1, 0.15) is 0 Å². The van der Waals surface area contributed by atoms with Crippen LogP contribution in [0.5, 0.6) is 0 Å². The van der Waals surface area contributed by atoms with Gasteiger partial charge in [-0.25, -0.2) is 0 Å². The van der Waals surface area contributed by atoms with E-state index in [9.17, 15) is 18.0 Å². The topological polar surface area (TPSA) is 85.8 Å². The van der Waals surface area contributed by atoms with Crippen molar-refractivity contribution in [1.29, 1.82) is 0 Å². The molecule has 2 rings (SSSR count). The number of amides is 1. The summed E-state index contributed by atoms with van der Waals surface area (Å²) in [6, 6.07) is 1.59. The molecule has 0 aromatic carbocycles. The van der Waals surface area contributed by atoms with E-state index in [2.05, 4.69) is 35.1 Å². The molecule has 2 heterocycles. The molecule has 3 N–H and O–H groups in total. The van der Waals surface area contributed by atoms with E-state index in [1.54, 1.807) is 16.9 Å². The van der Waals surface area contributed by atoms with Crippen molar-refractivity contribution in [2.75, 3.05) is 6.54 Å². The highest BCUT2D eigenvalue weighted by Gasteiger charge is 2.35. The fourth-order valence-electron chi connectivity index (χ4n) is 2.95. The number of halogens is 3. The molecule has 9 heteroatoms. The molecule has 200 valence electrons. The number of allylic oxidation sites excluding steroid dienone is 1. The number of carbonyl (C=O) groups excluding carboxylic acids is 1. The van der Waals surface area contributed by atoms with Gasteiger partial charge in [0.05, 0.1) is 28.6 Å². The second-order valence-corrected chi connectivity index (χ2v) is 8.33. The number of aryl methyl sites for hydroxylation is 1. The number of hydrogen-bond donors (Lipinski definition) is 2. The molecule has 0 aliphatic heterocycles. The first-order chi connectivity index (χ1) is 16.8. The second-order valence-electron chi connectivity index (χ2n) is 8.33. The van der Waals surface area contributed by atoms with Crippen LogP contribution in [-0.4, -0.2) is 33.4 Å². The first-order valence-corrected chi connectivity index (χ1v) is 12.0. The predicted octanol–water partition coefficient (Wildman–Crippen LogP) is 6.60. The van der Waals surface area contributed by atoms with E-state index >= 15 is 0 Å². The van der Waals surface area contributed by atoms with Crippen molar-refractivity contribution in [2.45, 2.75) is 73.0 Å². The van der Waals surface area contributed by atoms with E-state index in [-0.39, 0.29) is 28.4 Å². The third kappa shape index (κ3) is 9.02. The van der Waals surface area contributed by atoms with Crippen LogP contribution in [0.2, 0.25) is 0 Å². The summed E-state index contributed by atoms with van der Waals surface area (Å²) in [5.74, 6) is -0.280. The number of rotatable bonds is 8. The quantitative estimate of drug-likeness (QED) is 0.394. The van der Waals surface area contributed by atoms with E-state index < -0.39 is 11.7 Å². The molecular formula is C27H40F3N5O. The van der Waals surface area contributed by atoms with Crippen molar-refractivity contribution in [1.82, 2.24) is 20.1 Å². The number of pyridine rings is 1. The van der Waals surface area contributed by atoms with Crippen LogP contribution in [-0.2, 0) is 12.0 Å². The minimum atomic E-state index is -4.65. The van der Waals surface area contributed by atoms with E-state index in [4.69, 9.17) is 5.73 Å². The van der Waals surface area contributed by atoms with Crippen LogP contribution in [0.25, 0.3) is 17.3 Å². The van der Waals surface area contributed by atoms with Gasteiger partial charge in [0.25, 0.3) is 5.91 Å². The van der Waals surface area contributed by atoms with Crippen LogP contribution in [0.1, 0.15) is 87.8 Å². The Morgan fingerprint density at radius 2 is 1.75 bits per heavy atom. The maximum atomic E-state index is 13.3. The number of nitrogens with zero attached hydrogens (tertiary/aromatic N) is 3. The molecule has 0 aliphatic rings. The highest BCUT2D eigenvalue weighted by Crippen LogP contribution is 2.35. The highest BCUT2D eigenvalue weighted by atomic mass is 19.4. The molecule has 2 aromatic heterocycles.